The molecule has 1 aromatic rings. The molecule has 0 radical (unpaired) electrons. The molecule has 3 nitrogen and oxygen atoms in total. The lowest BCUT2D eigenvalue weighted by Crippen LogP contribution is -2.55. The number of pyridine rings is 1. The van der Waals surface area contributed by atoms with Gasteiger partial charge < -0.3 is 10.5 Å². The first-order valence-electron chi connectivity index (χ1n) is 12.8. The Kier molecular flexibility index (Phi) is 4.66. The summed E-state index contributed by atoms with van der Waals surface area (Å²) in [5, 5.41) is 0. The molecule has 2 aliphatic heterocycles. The van der Waals surface area contributed by atoms with Crippen molar-refractivity contribution < 1.29 is 4.74 Å². The molecular formula is C29H38N2O. The molecule has 32 heavy (non-hydrogen) atoms. The molecule has 1 aromatic heterocycles. The van der Waals surface area contributed by atoms with E-state index in [1.54, 1.807) is 5.57 Å². The van der Waals surface area contributed by atoms with Crippen LogP contribution in [-0.4, -0.2) is 22.2 Å². The topological polar surface area (TPSA) is 48.1 Å². The van der Waals surface area contributed by atoms with Gasteiger partial charge in [-0.05, 0) is 110 Å². The first-order chi connectivity index (χ1) is 15.4. The fourth-order valence-corrected chi connectivity index (χ4v) is 8.47. The van der Waals surface area contributed by atoms with Gasteiger partial charge >= 0.3 is 0 Å². The van der Waals surface area contributed by atoms with Crippen molar-refractivity contribution in [2.45, 2.75) is 89.4 Å². The van der Waals surface area contributed by atoms with Crippen molar-refractivity contribution in [1.82, 2.24) is 4.98 Å². The van der Waals surface area contributed by atoms with Gasteiger partial charge in [-0.15, -0.1) is 0 Å². The number of allylic oxidation sites excluding steroid dienone is 1. The highest BCUT2D eigenvalue weighted by atomic mass is 16.5. The van der Waals surface area contributed by atoms with Gasteiger partial charge in [-0.3, -0.25) is 4.98 Å². The molecule has 3 fully saturated rings. The highest BCUT2D eigenvalue weighted by molar-refractivity contribution is 5.52. The molecule has 1 saturated heterocycles. The second kappa shape index (κ2) is 7.14. The predicted molar refractivity (Wildman–Crippen MR) is 130 cm³/mol. The van der Waals surface area contributed by atoms with Gasteiger partial charge in [0.05, 0.1) is 11.2 Å². The summed E-state index contributed by atoms with van der Waals surface area (Å²) in [7, 11) is 0. The number of nitrogens with zero attached hydrogens (tertiary/aromatic N) is 1. The number of hydrogen-bond donors (Lipinski definition) is 1. The summed E-state index contributed by atoms with van der Waals surface area (Å²) in [5.74, 6) is 1.92. The van der Waals surface area contributed by atoms with E-state index in [-0.39, 0.29) is 17.2 Å². The molecule has 0 amide bonds. The molecule has 2 N–H and O–H groups in total. The molecule has 3 heteroatoms. The predicted octanol–water partition coefficient (Wildman–Crippen LogP) is 6.14. The summed E-state index contributed by atoms with van der Waals surface area (Å²) < 4.78 is 7.26. The maximum absolute atomic E-state index is 7.26. The molecule has 3 heterocycles. The van der Waals surface area contributed by atoms with Crippen LogP contribution < -0.4 is 5.73 Å². The third-order valence-electron chi connectivity index (χ3n) is 10.1. The van der Waals surface area contributed by atoms with Crippen LogP contribution in [0, 0.1) is 30.1 Å². The van der Waals surface area contributed by atoms with Gasteiger partial charge in [0, 0.05) is 18.4 Å². The highest BCUT2D eigenvalue weighted by Crippen LogP contribution is 2.69. The monoisotopic (exact) mass is 430 g/mol. The minimum Gasteiger partial charge on any atom is -0.359 e. The first-order valence-corrected chi connectivity index (χ1v) is 12.8. The van der Waals surface area contributed by atoms with E-state index in [1.807, 2.05) is 12.4 Å². The van der Waals surface area contributed by atoms with Gasteiger partial charge in [-0.1, -0.05) is 38.2 Å². The van der Waals surface area contributed by atoms with Crippen molar-refractivity contribution in [2.24, 2.45) is 28.9 Å². The number of aryl methyl sites for hydroxylation is 1. The summed E-state index contributed by atoms with van der Waals surface area (Å²) in [5.41, 5.74) is 12.2. The molecule has 0 aromatic carbocycles. The zero-order chi connectivity index (χ0) is 22.1. The molecule has 7 atom stereocenters. The zero-order valence-electron chi connectivity index (χ0n) is 19.9. The summed E-state index contributed by atoms with van der Waals surface area (Å²) in [6.45, 7) is 7.18. The lowest BCUT2D eigenvalue weighted by atomic mass is 9.55. The Balaban J connectivity index is 1.30. The van der Waals surface area contributed by atoms with Crippen LogP contribution in [0.25, 0.3) is 6.08 Å². The lowest BCUT2D eigenvalue weighted by molar-refractivity contribution is -0.146. The molecular weight excluding hydrogens is 392 g/mol. The van der Waals surface area contributed by atoms with Crippen molar-refractivity contribution >= 4 is 6.08 Å². The number of ether oxygens (including phenoxy) is 1. The van der Waals surface area contributed by atoms with Crippen LogP contribution in [0.2, 0.25) is 0 Å². The van der Waals surface area contributed by atoms with Crippen LogP contribution in [0.5, 0.6) is 0 Å². The average molecular weight is 431 g/mol. The summed E-state index contributed by atoms with van der Waals surface area (Å²) in [6.07, 6.45) is 23.0. The SMILES string of the molecule is Cc1cnccc1/C=C/C(C)[C@H]1CC[C@@H]2[C@]1(C)CCC1=CC3=CC[C@@H](N)C[C@]34CC[C@@]12O4. The standard InChI is InChI=1S/C29H38N2O/c1-19(4-5-21-11-15-31-18-20(21)2)25-8-9-26-27(25,3)12-10-23-16-22-6-7-24(30)17-28(22)13-14-29(23,26)32-28/h4-6,11,15-16,18-19,24-26H,7-10,12-14,17,30H2,1-3H3/b5-4+/t19?,24-,25-,26-,27-,28-,29-/m1/s1. The van der Waals surface area contributed by atoms with E-state index in [2.05, 4.69) is 56.1 Å². The summed E-state index contributed by atoms with van der Waals surface area (Å²) in [4.78, 5) is 4.24. The normalized spacial score (nSPS) is 43.3. The van der Waals surface area contributed by atoms with E-state index in [1.165, 1.54) is 48.8 Å². The van der Waals surface area contributed by atoms with Gasteiger partial charge in [-0.2, -0.15) is 0 Å². The molecule has 5 aliphatic rings. The van der Waals surface area contributed by atoms with Crippen LogP contribution >= 0.6 is 0 Å². The van der Waals surface area contributed by atoms with Gasteiger partial charge in [0.2, 0.25) is 0 Å². The quantitative estimate of drug-likeness (QED) is 0.626. The van der Waals surface area contributed by atoms with Crippen molar-refractivity contribution in [3.63, 3.8) is 0 Å². The molecule has 1 unspecified atom stereocenters. The van der Waals surface area contributed by atoms with Crippen molar-refractivity contribution in [3.8, 4) is 0 Å². The first kappa shape index (κ1) is 20.9. The largest absolute Gasteiger partial charge is 0.359 e. The molecule has 2 bridgehead atoms. The maximum atomic E-state index is 7.26. The van der Waals surface area contributed by atoms with Gasteiger partial charge in [-0.25, -0.2) is 0 Å². The molecule has 2 spiro atoms. The highest BCUT2D eigenvalue weighted by Gasteiger charge is 2.67. The Morgan fingerprint density at radius 3 is 2.97 bits per heavy atom. The number of rotatable bonds is 3. The Bertz CT molecular complexity index is 1020. The van der Waals surface area contributed by atoms with Crippen LogP contribution in [0.1, 0.15) is 76.3 Å². The van der Waals surface area contributed by atoms with E-state index in [0.717, 1.165) is 19.3 Å². The second-order valence-corrected chi connectivity index (χ2v) is 11.7. The average Bonchev–Trinajstić information content (AvgIpc) is 3.28. The smallest absolute Gasteiger partial charge is 0.0956 e. The maximum Gasteiger partial charge on any atom is 0.0956 e. The minimum absolute atomic E-state index is 0.0265. The number of hydrogen-bond acceptors (Lipinski definition) is 3. The number of fused-ring (bicyclic) bond motifs is 1. The Labute approximate surface area is 193 Å². The van der Waals surface area contributed by atoms with E-state index < -0.39 is 0 Å². The molecule has 6 rings (SSSR count). The van der Waals surface area contributed by atoms with Crippen LogP contribution in [0.3, 0.4) is 0 Å². The van der Waals surface area contributed by atoms with E-state index in [4.69, 9.17) is 10.5 Å². The van der Waals surface area contributed by atoms with Crippen molar-refractivity contribution in [3.05, 3.63) is 59.0 Å². The van der Waals surface area contributed by atoms with Crippen LogP contribution in [0.4, 0.5) is 0 Å². The van der Waals surface area contributed by atoms with Gasteiger partial charge in [0.25, 0.3) is 0 Å². The second-order valence-electron chi connectivity index (χ2n) is 11.7. The van der Waals surface area contributed by atoms with E-state index >= 15 is 0 Å². The van der Waals surface area contributed by atoms with Crippen LogP contribution in [-0.2, 0) is 4.74 Å². The molecule has 2 saturated carbocycles. The van der Waals surface area contributed by atoms with Crippen molar-refractivity contribution in [2.75, 3.05) is 0 Å². The summed E-state index contributed by atoms with van der Waals surface area (Å²) in [6, 6.07) is 2.37. The van der Waals surface area contributed by atoms with Crippen molar-refractivity contribution in [1.29, 1.82) is 0 Å². The van der Waals surface area contributed by atoms with Gasteiger partial charge in [0.15, 0.2) is 0 Å². The zero-order valence-corrected chi connectivity index (χ0v) is 19.9. The number of nitrogens with two attached hydrogens (primary N) is 1. The van der Waals surface area contributed by atoms with Crippen LogP contribution in [0.15, 0.2) is 47.8 Å². The fraction of sp³-hybridized carbons (Fsp3) is 0.621. The molecule has 3 aliphatic carbocycles. The third kappa shape index (κ3) is 2.83. The third-order valence-corrected chi connectivity index (χ3v) is 10.1. The summed E-state index contributed by atoms with van der Waals surface area (Å²) >= 11 is 0. The minimum atomic E-state index is -0.0953. The fourth-order valence-electron chi connectivity index (χ4n) is 8.47. The Hall–Kier alpha value is -1.71. The number of aromatic nitrogens is 1. The lowest BCUT2D eigenvalue weighted by Gasteiger charge is -2.56. The van der Waals surface area contributed by atoms with E-state index in [9.17, 15) is 0 Å². The Morgan fingerprint density at radius 2 is 2.12 bits per heavy atom. The van der Waals surface area contributed by atoms with E-state index in [0.29, 0.717) is 23.2 Å². The Morgan fingerprint density at radius 1 is 1.25 bits per heavy atom. The molecule has 170 valence electrons. The van der Waals surface area contributed by atoms with Gasteiger partial charge in [0.1, 0.15) is 0 Å².